The number of aromatic nitrogens is 2. The number of ether oxygens (including phenoxy) is 4. The van der Waals surface area contributed by atoms with Crippen molar-refractivity contribution in [3.63, 3.8) is 0 Å². The summed E-state index contributed by atoms with van der Waals surface area (Å²) in [6.45, 7) is 2.33. The number of hydrogen-bond acceptors (Lipinski definition) is 6. The number of methoxy groups -OCH3 is 3. The maximum Gasteiger partial charge on any atom is 0.203 e. The maximum atomic E-state index is 9.79. The van der Waals surface area contributed by atoms with Gasteiger partial charge in [0.25, 0.3) is 0 Å². The lowest BCUT2D eigenvalue weighted by atomic mass is 9.93. The lowest BCUT2D eigenvalue weighted by Crippen LogP contribution is -2.11. The quantitative estimate of drug-likeness (QED) is 0.269. The Kier molecular flexibility index (Phi) is 9.18. The van der Waals surface area contributed by atoms with E-state index < -0.39 is 6.10 Å². The molecule has 1 atom stereocenters. The zero-order valence-corrected chi connectivity index (χ0v) is 22.3. The number of nitrogens with zero attached hydrogens (tertiary/aromatic N) is 3. The van der Waals surface area contributed by atoms with Crippen LogP contribution in [0.2, 0.25) is 0 Å². The molecule has 3 aromatic carbocycles. The Labute approximate surface area is 223 Å². The minimum Gasteiger partial charge on any atom is -0.493 e. The van der Waals surface area contributed by atoms with Gasteiger partial charge in [0.15, 0.2) is 11.5 Å². The summed E-state index contributed by atoms with van der Waals surface area (Å²) in [6, 6.07) is 20.0. The van der Waals surface area contributed by atoms with Crippen molar-refractivity contribution < 1.29 is 18.9 Å². The van der Waals surface area contributed by atoms with Gasteiger partial charge in [-0.3, -0.25) is 0 Å². The van der Waals surface area contributed by atoms with Crippen LogP contribution in [0.15, 0.2) is 67.1 Å². The highest BCUT2D eigenvalue weighted by atomic mass is 35.5. The molecule has 4 rings (SSSR count). The number of benzene rings is 3. The molecule has 0 fully saturated rings. The summed E-state index contributed by atoms with van der Waals surface area (Å²) in [7, 11) is 6.68. The number of hydrogen-bond donors (Lipinski definition) is 0. The summed E-state index contributed by atoms with van der Waals surface area (Å²) in [5, 5.41) is 9.79. The summed E-state index contributed by atoms with van der Waals surface area (Å²) >= 11 is 0. The predicted octanol–water partition coefficient (Wildman–Crippen LogP) is 6.02. The van der Waals surface area contributed by atoms with Crippen LogP contribution in [-0.4, -0.2) is 30.9 Å². The number of rotatable bonds is 9. The molecule has 8 heteroatoms. The van der Waals surface area contributed by atoms with E-state index in [1.165, 1.54) is 0 Å². The Balaban J connectivity index is 0.00000380. The first kappa shape index (κ1) is 27.6. The van der Waals surface area contributed by atoms with Crippen molar-refractivity contribution in [3.8, 4) is 34.4 Å². The zero-order chi connectivity index (χ0) is 25.7. The Bertz CT molecular complexity index is 1390. The van der Waals surface area contributed by atoms with E-state index in [1.54, 1.807) is 33.9 Å². The highest BCUT2D eigenvalue weighted by Gasteiger charge is 2.22. The van der Waals surface area contributed by atoms with Crippen LogP contribution in [0.25, 0.3) is 11.1 Å². The molecule has 1 heterocycles. The van der Waals surface area contributed by atoms with Gasteiger partial charge in [0, 0.05) is 12.6 Å². The van der Waals surface area contributed by atoms with Crippen LogP contribution in [0.5, 0.6) is 17.2 Å². The Morgan fingerprint density at radius 3 is 2.22 bits per heavy atom. The van der Waals surface area contributed by atoms with E-state index in [9.17, 15) is 5.26 Å². The second-order valence-corrected chi connectivity index (χ2v) is 8.39. The standard InChI is InChI=1S/C29H29N3O4.ClH/c1-19-8-6-7-9-23(19)24-14-21(10-11-22(24)15-30)28(25-16-31-18-32(25)2)36-17-20-12-26(33-3)29(35-5)27(13-20)34-4;/h6-14,16,18,28H,17H2,1-5H3;1H. The minimum absolute atomic E-state index is 0. The van der Waals surface area contributed by atoms with Gasteiger partial charge in [-0.05, 0) is 53.4 Å². The fourth-order valence-corrected chi connectivity index (χ4v) is 4.29. The summed E-state index contributed by atoms with van der Waals surface area (Å²) in [6.07, 6.45) is 3.12. The maximum absolute atomic E-state index is 9.79. The van der Waals surface area contributed by atoms with Gasteiger partial charge in [-0.2, -0.15) is 5.26 Å². The number of imidazole rings is 1. The first-order chi connectivity index (χ1) is 17.5. The summed E-state index contributed by atoms with van der Waals surface area (Å²) < 4.78 is 24.9. The molecule has 0 saturated carbocycles. The van der Waals surface area contributed by atoms with Gasteiger partial charge in [0.05, 0.1) is 57.8 Å². The van der Waals surface area contributed by atoms with E-state index in [-0.39, 0.29) is 19.0 Å². The minimum atomic E-state index is -0.424. The van der Waals surface area contributed by atoms with Crippen LogP contribution in [0, 0.1) is 18.3 Å². The van der Waals surface area contributed by atoms with Crippen LogP contribution in [0.3, 0.4) is 0 Å². The molecule has 0 saturated heterocycles. The number of aryl methyl sites for hydroxylation is 2. The van der Waals surface area contributed by atoms with Crippen molar-refractivity contribution in [2.45, 2.75) is 19.6 Å². The van der Waals surface area contributed by atoms with E-state index in [2.05, 4.69) is 11.1 Å². The summed E-state index contributed by atoms with van der Waals surface area (Å²) in [5.74, 6) is 1.65. The first-order valence-corrected chi connectivity index (χ1v) is 11.5. The van der Waals surface area contributed by atoms with E-state index in [4.69, 9.17) is 18.9 Å². The normalized spacial score (nSPS) is 11.2. The van der Waals surface area contributed by atoms with E-state index in [1.807, 2.05) is 73.1 Å². The molecule has 0 spiro atoms. The van der Waals surface area contributed by atoms with Gasteiger partial charge < -0.3 is 23.5 Å². The zero-order valence-electron chi connectivity index (χ0n) is 21.5. The van der Waals surface area contributed by atoms with Crippen molar-refractivity contribution in [2.24, 2.45) is 7.05 Å². The third-order valence-electron chi connectivity index (χ3n) is 6.17. The summed E-state index contributed by atoms with van der Waals surface area (Å²) in [5.41, 5.74) is 6.28. The first-order valence-electron chi connectivity index (χ1n) is 11.5. The van der Waals surface area contributed by atoms with Gasteiger partial charge >= 0.3 is 0 Å². The number of nitriles is 1. The average Bonchev–Trinajstić information content (AvgIpc) is 3.33. The highest BCUT2D eigenvalue weighted by Crippen LogP contribution is 2.39. The molecule has 1 unspecified atom stereocenters. The Morgan fingerprint density at radius 1 is 0.946 bits per heavy atom. The smallest absolute Gasteiger partial charge is 0.203 e. The van der Waals surface area contributed by atoms with Crippen molar-refractivity contribution in [2.75, 3.05) is 21.3 Å². The van der Waals surface area contributed by atoms with Gasteiger partial charge in [-0.25, -0.2) is 4.98 Å². The molecule has 0 radical (unpaired) electrons. The molecule has 1 aromatic heterocycles. The topological polar surface area (TPSA) is 78.5 Å². The van der Waals surface area contributed by atoms with Gasteiger partial charge in [0.2, 0.25) is 5.75 Å². The van der Waals surface area contributed by atoms with Crippen LogP contribution in [-0.2, 0) is 18.4 Å². The lowest BCUT2D eigenvalue weighted by Gasteiger charge is -2.21. The second kappa shape index (κ2) is 12.3. The number of halogens is 1. The molecule has 0 aliphatic carbocycles. The summed E-state index contributed by atoms with van der Waals surface area (Å²) in [4.78, 5) is 4.30. The fourth-order valence-electron chi connectivity index (χ4n) is 4.29. The predicted molar refractivity (Wildman–Crippen MR) is 145 cm³/mol. The second-order valence-electron chi connectivity index (χ2n) is 8.39. The third kappa shape index (κ3) is 5.72. The van der Waals surface area contributed by atoms with Gasteiger partial charge in [-0.1, -0.05) is 30.3 Å². The molecule has 192 valence electrons. The fraction of sp³-hybridized carbons (Fsp3) is 0.241. The van der Waals surface area contributed by atoms with Crippen LogP contribution < -0.4 is 14.2 Å². The molecular formula is C29H30ClN3O4. The van der Waals surface area contributed by atoms with Crippen molar-refractivity contribution in [3.05, 3.63) is 95.1 Å². The van der Waals surface area contributed by atoms with Gasteiger partial charge in [-0.15, -0.1) is 12.4 Å². The SMILES string of the molecule is COc1cc(COC(c2ccc(C#N)c(-c3ccccc3C)c2)c2cncn2C)cc(OC)c1OC.Cl. The van der Waals surface area contributed by atoms with Crippen LogP contribution in [0.4, 0.5) is 0 Å². The Hall–Kier alpha value is -3.99. The van der Waals surface area contributed by atoms with E-state index in [0.717, 1.165) is 33.5 Å². The molecule has 0 aliphatic rings. The average molecular weight is 520 g/mol. The lowest BCUT2D eigenvalue weighted by molar-refractivity contribution is 0.0619. The van der Waals surface area contributed by atoms with Crippen molar-refractivity contribution in [1.29, 1.82) is 5.26 Å². The molecule has 37 heavy (non-hydrogen) atoms. The molecule has 0 amide bonds. The highest BCUT2D eigenvalue weighted by molar-refractivity contribution is 5.85. The molecule has 0 bridgehead atoms. The molecule has 4 aromatic rings. The van der Waals surface area contributed by atoms with Crippen molar-refractivity contribution >= 4 is 12.4 Å². The van der Waals surface area contributed by atoms with E-state index >= 15 is 0 Å². The molecule has 7 nitrogen and oxygen atoms in total. The Morgan fingerprint density at radius 2 is 1.65 bits per heavy atom. The third-order valence-corrected chi connectivity index (χ3v) is 6.17. The molecular weight excluding hydrogens is 490 g/mol. The van der Waals surface area contributed by atoms with Crippen molar-refractivity contribution in [1.82, 2.24) is 9.55 Å². The van der Waals surface area contributed by atoms with Gasteiger partial charge in [0.1, 0.15) is 6.10 Å². The van der Waals surface area contributed by atoms with Crippen LogP contribution in [0.1, 0.15) is 34.1 Å². The van der Waals surface area contributed by atoms with Crippen LogP contribution >= 0.6 is 12.4 Å². The molecule has 0 N–H and O–H groups in total. The monoisotopic (exact) mass is 519 g/mol. The largest absolute Gasteiger partial charge is 0.493 e. The van der Waals surface area contributed by atoms with E-state index in [0.29, 0.717) is 22.8 Å². The molecule has 0 aliphatic heterocycles.